The number of fused-ring (bicyclic) bond motifs is 1. The van der Waals surface area contributed by atoms with Gasteiger partial charge in [-0.05, 0) is 49.4 Å². The lowest BCUT2D eigenvalue weighted by molar-refractivity contribution is -0.138. The standard InChI is InChI=1S/C26H38N4O4S/c1-5-28-10-12-29(13-11-28)19-8-6-18(7-9-19)25(32)27-20(14-17(2)3)26(33)30-15-22(35-4)24-23(30)21(31)16-34-24/h6-9,17,20,22-24H,5,10-16H2,1-4H3,(H,27,32)/t20?,22-,23+,24+/m0/s1. The van der Waals surface area contributed by atoms with Gasteiger partial charge in [0.25, 0.3) is 5.91 Å². The average molecular weight is 503 g/mol. The van der Waals surface area contributed by atoms with E-state index in [1.807, 2.05) is 44.4 Å². The third kappa shape index (κ3) is 5.67. The van der Waals surface area contributed by atoms with Crippen LogP contribution in [-0.4, -0.2) is 103 Å². The van der Waals surface area contributed by atoms with Gasteiger partial charge in [-0.1, -0.05) is 20.8 Å². The number of carbonyl (C=O) groups is 3. The van der Waals surface area contributed by atoms with Gasteiger partial charge in [-0.2, -0.15) is 11.8 Å². The van der Waals surface area contributed by atoms with Crippen LogP contribution in [0.4, 0.5) is 5.69 Å². The van der Waals surface area contributed by atoms with Crippen molar-refractivity contribution < 1.29 is 19.1 Å². The predicted molar refractivity (Wildman–Crippen MR) is 139 cm³/mol. The highest BCUT2D eigenvalue weighted by molar-refractivity contribution is 7.99. The number of thioether (sulfide) groups is 1. The molecule has 3 saturated heterocycles. The highest BCUT2D eigenvalue weighted by Crippen LogP contribution is 2.34. The summed E-state index contributed by atoms with van der Waals surface area (Å²) in [5.74, 6) is -0.302. The molecule has 8 nitrogen and oxygen atoms in total. The van der Waals surface area contributed by atoms with Crippen LogP contribution in [0.5, 0.6) is 0 Å². The molecule has 0 saturated carbocycles. The molecule has 0 aliphatic carbocycles. The Morgan fingerprint density at radius 1 is 1.14 bits per heavy atom. The first-order valence-corrected chi connectivity index (χ1v) is 14.0. The molecule has 1 unspecified atom stereocenters. The Hall–Kier alpha value is -2.10. The normalized spacial score (nSPS) is 25.7. The number of benzene rings is 1. The number of hydrogen-bond donors (Lipinski definition) is 1. The van der Waals surface area contributed by atoms with Gasteiger partial charge in [0.05, 0.1) is 11.4 Å². The topological polar surface area (TPSA) is 82.2 Å². The summed E-state index contributed by atoms with van der Waals surface area (Å²) in [7, 11) is 0. The summed E-state index contributed by atoms with van der Waals surface area (Å²) in [5, 5.41) is 3.04. The molecule has 1 aromatic rings. The molecule has 4 atom stereocenters. The molecular weight excluding hydrogens is 464 g/mol. The van der Waals surface area contributed by atoms with Crippen molar-refractivity contribution >= 4 is 35.0 Å². The number of ketones is 1. The van der Waals surface area contributed by atoms with E-state index < -0.39 is 12.1 Å². The maximum atomic E-state index is 13.6. The second kappa shape index (κ2) is 11.3. The number of hydrogen-bond acceptors (Lipinski definition) is 7. The molecule has 3 fully saturated rings. The maximum absolute atomic E-state index is 13.6. The second-order valence-corrected chi connectivity index (χ2v) is 11.2. The summed E-state index contributed by atoms with van der Waals surface area (Å²) >= 11 is 1.62. The zero-order valence-corrected chi connectivity index (χ0v) is 22.1. The molecule has 3 aliphatic rings. The monoisotopic (exact) mass is 502 g/mol. The maximum Gasteiger partial charge on any atom is 0.251 e. The Bertz CT molecular complexity index is 916. The van der Waals surface area contributed by atoms with Crippen molar-refractivity contribution in [1.82, 2.24) is 15.1 Å². The van der Waals surface area contributed by atoms with Crippen LogP contribution < -0.4 is 10.2 Å². The van der Waals surface area contributed by atoms with Gasteiger partial charge in [-0.25, -0.2) is 0 Å². The lowest BCUT2D eigenvalue weighted by Crippen LogP contribution is -2.52. The lowest BCUT2D eigenvalue weighted by atomic mass is 10.0. The number of piperazine rings is 1. The van der Waals surface area contributed by atoms with Crippen molar-refractivity contribution in [2.24, 2.45) is 5.92 Å². The number of amides is 2. The van der Waals surface area contributed by atoms with Crippen molar-refractivity contribution in [3.8, 4) is 0 Å². The fourth-order valence-corrected chi connectivity index (χ4v) is 6.13. The summed E-state index contributed by atoms with van der Waals surface area (Å²) in [5.41, 5.74) is 1.64. The third-order valence-electron chi connectivity index (χ3n) is 7.35. The highest BCUT2D eigenvalue weighted by atomic mass is 32.2. The average Bonchev–Trinajstić information content (AvgIpc) is 3.43. The Labute approximate surface area is 212 Å². The van der Waals surface area contributed by atoms with Gasteiger partial charge in [0, 0.05) is 44.0 Å². The molecule has 1 N–H and O–H groups in total. The number of nitrogens with one attached hydrogen (secondary N) is 1. The minimum absolute atomic E-state index is 0.0510. The Morgan fingerprint density at radius 2 is 1.83 bits per heavy atom. The smallest absolute Gasteiger partial charge is 0.251 e. The molecule has 192 valence electrons. The van der Waals surface area contributed by atoms with Crippen molar-refractivity contribution in [3.63, 3.8) is 0 Å². The Morgan fingerprint density at radius 3 is 2.43 bits per heavy atom. The Balaban J connectivity index is 1.43. The molecule has 0 spiro atoms. The van der Waals surface area contributed by atoms with Crippen LogP contribution in [0.3, 0.4) is 0 Å². The number of carbonyl (C=O) groups excluding carboxylic acids is 3. The number of Topliss-reactive ketones (excluding diaryl/α,β-unsaturated/α-hetero) is 1. The number of ether oxygens (including phenoxy) is 1. The van der Waals surface area contributed by atoms with E-state index in [-0.39, 0.29) is 41.5 Å². The van der Waals surface area contributed by atoms with Gasteiger partial charge in [-0.3, -0.25) is 14.4 Å². The van der Waals surface area contributed by atoms with Crippen molar-refractivity contribution in [3.05, 3.63) is 29.8 Å². The van der Waals surface area contributed by atoms with Gasteiger partial charge in [0.1, 0.15) is 18.7 Å². The number of likely N-dealkylation sites (tertiary alicyclic amines) is 1. The van der Waals surface area contributed by atoms with Crippen LogP contribution in [-0.2, 0) is 14.3 Å². The first-order valence-electron chi connectivity index (χ1n) is 12.7. The van der Waals surface area contributed by atoms with Gasteiger partial charge >= 0.3 is 0 Å². The molecule has 1 aromatic carbocycles. The van der Waals surface area contributed by atoms with E-state index in [9.17, 15) is 14.4 Å². The molecule has 0 aromatic heterocycles. The van der Waals surface area contributed by atoms with E-state index in [4.69, 9.17) is 4.74 Å². The van der Waals surface area contributed by atoms with E-state index in [0.717, 1.165) is 38.4 Å². The second-order valence-electron chi connectivity index (χ2n) is 10.1. The highest BCUT2D eigenvalue weighted by Gasteiger charge is 2.52. The number of likely N-dealkylation sites (N-methyl/N-ethyl adjacent to an activating group) is 1. The lowest BCUT2D eigenvalue weighted by Gasteiger charge is -2.35. The third-order valence-corrected chi connectivity index (χ3v) is 8.37. The van der Waals surface area contributed by atoms with Gasteiger partial charge in [0.2, 0.25) is 5.91 Å². The van der Waals surface area contributed by atoms with Gasteiger partial charge in [-0.15, -0.1) is 0 Å². The largest absolute Gasteiger partial charge is 0.369 e. The first kappa shape index (κ1) is 26.0. The fraction of sp³-hybridized carbons (Fsp3) is 0.654. The van der Waals surface area contributed by atoms with Crippen LogP contribution in [0.25, 0.3) is 0 Å². The fourth-order valence-electron chi connectivity index (χ4n) is 5.33. The van der Waals surface area contributed by atoms with E-state index in [0.29, 0.717) is 18.5 Å². The van der Waals surface area contributed by atoms with Gasteiger partial charge in [0.15, 0.2) is 5.78 Å². The van der Waals surface area contributed by atoms with Crippen LogP contribution in [0.15, 0.2) is 24.3 Å². The van der Waals surface area contributed by atoms with Gasteiger partial charge < -0.3 is 24.8 Å². The van der Waals surface area contributed by atoms with Crippen molar-refractivity contribution in [2.45, 2.75) is 50.6 Å². The molecule has 9 heteroatoms. The first-order chi connectivity index (χ1) is 16.8. The molecule has 0 radical (unpaired) electrons. The minimum atomic E-state index is -0.682. The summed E-state index contributed by atoms with van der Waals surface area (Å²) in [6.07, 6.45) is 2.23. The summed E-state index contributed by atoms with van der Waals surface area (Å²) in [6, 6.07) is 6.41. The number of nitrogens with zero attached hydrogens (tertiary/aromatic N) is 3. The zero-order valence-electron chi connectivity index (χ0n) is 21.2. The van der Waals surface area contributed by atoms with Crippen LogP contribution in [0.1, 0.15) is 37.6 Å². The quantitative estimate of drug-likeness (QED) is 0.581. The minimum Gasteiger partial charge on any atom is -0.369 e. The van der Waals surface area contributed by atoms with Crippen LogP contribution >= 0.6 is 11.8 Å². The van der Waals surface area contributed by atoms with E-state index in [2.05, 4.69) is 22.0 Å². The molecule has 2 amide bonds. The summed E-state index contributed by atoms with van der Waals surface area (Å²) < 4.78 is 5.70. The van der Waals surface area contributed by atoms with E-state index in [1.165, 1.54) is 0 Å². The molecule has 35 heavy (non-hydrogen) atoms. The molecule has 4 rings (SSSR count). The molecule has 3 aliphatic heterocycles. The van der Waals surface area contributed by atoms with E-state index >= 15 is 0 Å². The zero-order chi connectivity index (χ0) is 25.1. The summed E-state index contributed by atoms with van der Waals surface area (Å²) in [6.45, 7) is 11.9. The van der Waals surface area contributed by atoms with Crippen molar-refractivity contribution in [2.75, 3.05) is 57.0 Å². The Kier molecular flexibility index (Phi) is 8.39. The number of anilines is 1. The molecular formula is C26H38N4O4S. The van der Waals surface area contributed by atoms with Crippen LogP contribution in [0, 0.1) is 5.92 Å². The number of rotatable bonds is 8. The molecule has 3 heterocycles. The molecule has 0 bridgehead atoms. The summed E-state index contributed by atoms with van der Waals surface area (Å²) in [4.78, 5) is 45.6. The van der Waals surface area contributed by atoms with E-state index in [1.54, 1.807) is 16.7 Å². The SMILES string of the molecule is CCN1CCN(c2ccc(C(=O)NC(CC(C)C)C(=O)N3C[C@H](SC)[C@H]4OCC(=O)[C@H]43)cc2)CC1. The predicted octanol–water partition coefficient (Wildman–Crippen LogP) is 1.88. The van der Waals surface area contributed by atoms with Crippen LogP contribution in [0.2, 0.25) is 0 Å². The van der Waals surface area contributed by atoms with Crippen molar-refractivity contribution in [1.29, 1.82) is 0 Å².